The Morgan fingerprint density at radius 1 is 1.02 bits per heavy atom. The Balaban J connectivity index is 1.27. The highest BCUT2D eigenvalue weighted by Gasteiger charge is 2.30. The van der Waals surface area contributed by atoms with Gasteiger partial charge in [0.05, 0.1) is 22.5 Å². The summed E-state index contributed by atoms with van der Waals surface area (Å²) in [5.41, 5.74) is 0.179. The van der Waals surface area contributed by atoms with Gasteiger partial charge in [-0.2, -0.15) is 20.1 Å². The minimum atomic E-state index is -0.680. The van der Waals surface area contributed by atoms with Crippen molar-refractivity contribution in [2.24, 2.45) is 0 Å². The molecule has 0 spiro atoms. The number of benzene rings is 1. The van der Waals surface area contributed by atoms with Crippen molar-refractivity contribution in [1.82, 2.24) is 34.5 Å². The summed E-state index contributed by atoms with van der Waals surface area (Å²) in [5, 5.41) is 5.43. The number of aromatic nitrogens is 5. The third-order valence-electron chi connectivity index (χ3n) is 9.26. The molecule has 3 saturated heterocycles. The Labute approximate surface area is 299 Å². The molecule has 0 saturated carbocycles. The maximum atomic E-state index is 15.4. The van der Waals surface area contributed by atoms with Gasteiger partial charge in [-0.25, -0.2) is 13.9 Å². The molecule has 50 heavy (non-hydrogen) atoms. The minimum Gasteiger partial charge on any atom is -0.462 e. The number of hydrogen-bond donors (Lipinski definition) is 0. The zero-order chi connectivity index (χ0) is 35.2. The maximum Gasteiger partial charge on any atom is 0.410 e. The third kappa shape index (κ3) is 7.21. The molecule has 3 aliphatic rings. The number of likely N-dealkylation sites (tertiary alicyclic amines) is 1. The number of rotatable bonds is 7. The second-order valence-electron chi connectivity index (χ2n) is 14.0. The van der Waals surface area contributed by atoms with E-state index in [1.54, 1.807) is 21.8 Å². The molecule has 3 fully saturated rings. The summed E-state index contributed by atoms with van der Waals surface area (Å²) in [6, 6.07) is 3.35. The standard InChI is InChI=1S/C34H41Cl2FN8O5/c1-34(2,3)50-33(46)44-13-11-43(12-14-44)30-21-16-25(35)39-31(28(21)40-32(41-30)48-19-20-8-7-10-42(20)4)49-29-22-18-38-45(26-9-5-6-15-47-26)24(22)17-23(37)27(29)36/h16-18,20,26H,5-15,19H2,1-4H3/t20-,26?/m0/s1. The van der Waals surface area contributed by atoms with Gasteiger partial charge < -0.3 is 33.6 Å². The molecular weight excluding hydrogens is 690 g/mol. The number of nitrogens with zero attached hydrogens (tertiary/aromatic N) is 8. The monoisotopic (exact) mass is 730 g/mol. The van der Waals surface area contributed by atoms with Crippen LogP contribution in [0, 0.1) is 5.82 Å². The lowest BCUT2D eigenvalue weighted by molar-refractivity contribution is -0.0367. The normalized spacial score (nSPS) is 20.5. The van der Waals surface area contributed by atoms with Crippen molar-refractivity contribution in [3.8, 4) is 17.6 Å². The number of pyridine rings is 1. The zero-order valence-electron chi connectivity index (χ0n) is 28.6. The second kappa shape index (κ2) is 14.1. The number of hydrogen-bond acceptors (Lipinski definition) is 11. The number of fused-ring (bicyclic) bond motifs is 2. The van der Waals surface area contributed by atoms with Crippen molar-refractivity contribution in [2.75, 3.05) is 57.9 Å². The molecular formula is C34H41Cl2FN8O5. The Hall–Kier alpha value is -3.72. The molecule has 0 radical (unpaired) electrons. The van der Waals surface area contributed by atoms with Crippen molar-refractivity contribution in [1.29, 1.82) is 0 Å². The summed E-state index contributed by atoms with van der Waals surface area (Å²) in [4.78, 5) is 32.9. The van der Waals surface area contributed by atoms with Crippen LogP contribution in [-0.2, 0) is 9.47 Å². The van der Waals surface area contributed by atoms with Crippen molar-refractivity contribution in [3.05, 3.63) is 34.3 Å². The summed E-state index contributed by atoms with van der Waals surface area (Å²) in [6.45, 7) is 9.27. The number of piperazine rings is 1. The Morgan fingerprint density at radius 2 is 1.82 bits per heavy atom. The first-order chi connectivity index (χ1) is 23.9. The molecule has 0 aliphatic carbocycles. The number of halogens is 3. The van der Waals surface area contributed by atoms with Crippen LogP contribution in [-0.4, -0.2) is 105 Å². The topological polar surface area (TPSA) is 120 Å². The molecule has 1 unspecified atom stereocenters. The molecule has 1 aromatic carbocycles. The molecule has 7 rings (SSSR count). The lowest BCUT2D eigenvalue weighted by Gasteiger charge is -2.36. The van der Waals surface area contributed by atoms with Gasteiger partial charge in [0.1, 0.15) is 39.5 Å². The fraction of sp³-hybridized carbons (Fsp3) is 0.559. The van der Waals surface area contributed by atoms with Gasteiger partial charge in [0.15, 0.2) is 12.0 Å². The van der Waals surface area contributed by atoms with E-state index in [1.165, 1.54) is 6.07 Å². The highest BCUT2D eigenvalue weighted by Crippen LogP contribution is 2.42. The molecule has 13 nitrogen and oxygen atoms in total. The van der Waals surface area contributed by atoms with Gasteiger partial charge in [-0.05, 0) is 72.5 Å². The molecule has 0 bridgehead atoms. The predicted octanol–water partition coefficient (Wildman–Crippen LogP) is 6.84. The quantitative estimate of drug-likeness (QED) is 0.186. The van der Waals surface area contributed by atoms with Crippen LogP contribution in [0.1, 0.15) is 59.1 Å². The van der Waals surface area contributed by atoms with Gasteiger partial charge in [-0.1, -0.05) is 23.2 Å². The van der Waals surface area contributed by atoms with E-state index >= 15 is 4.39 Å². The van der Waals surface area contributed by atoms with Gasteiger partial charge in [0.25, 0.3) is 0 Å². The van der Waals surface area contributed by atoms with E-state index in [-0.39, 0.29) is 46.2 Å². The first-order valence-corrected chi connectivity index (χ1v) is 17.8. The van der Waals surface area contributed by atoms with E-state index in [0.717, 1.165) is 38.6 Å². The van der Waals surface area contributed by atoms with Gasteiger partial charge in [0.2, 0.25) is 5.88 Å². The fourth-order valence-corrected chi connectivity index (χ4v) is 7.02. The molecule has 3 aliphatic heterocycles. The minimum absolute atomic E-state index is 0.00171. The number of amides is 1. The van der Waals surface area contributed by atoms with Gasteiger partial charge in [-0.3, -0.25) is 0 Å². The van der Waals surface area contributed by atoms with Crippen molar-refractivity contribution in [2.45, 2.75) is 70.7 Å². The van der Waals surface area contributed by atoms with Gasteiger partial charge in [-0.15, -0.1) is 0 Å². The third-order valence-corrected chi connectivity index (χ3v) is 9.81. The SMILES string of the molecule is CN1CCC[C@H]1COc1nc(N2CCN(C(=O)OC(C)(C)C)CC2)c2cc(Cl)nc(Oc3c(Cl)c(F)cc4c3cnn4C3CCCCO3)c2n1. The van der Waals surface area contributed by atoms with Crippen LogP contribution in [0.15, 0.2) is 18.3 Å². The second-order valence-corrected chi connectivity index (χ2v) is 14.7. The molecule has 0 N–H and O–H groups in total. The van der Waals surface area contributed by atoms with E-state index in [4.69, 9.17) is 52.1 Å². The summed E-state index contributed by atoms with van der Waals surface area (Å²) < 4.78 is 41.2. The summed E-state index contributed by atoms with van der Waals surface area (Å²) in [7, 11) is 2.07. The van der Waals surface area contributed by atoms with E-state index in [0.29, 0.717) is 67.0 Å². The molecule has 2 atom stereocenters. The van der Waals surface area contributed by atoms with Crippen LogP contribution in [0.3, 0.4) is 0 Å². The van der Waals surface area contributed by atoms with Crippen LogP contribution in [0.4, 0.5) is 15.0 Å². The van der Waals surface area contributed by atoms with Crippen LogP contribution in [0.25, 0.3) is 21.8 Å². The molecule has 6 heterocycles. The average Bonchev–Trinajstić information content (AvgIpc) is 3.70. The number of carbonyl (C=O) groups excluding carboxylic acids is 1. The lowest BCUT2D eigenvalue weighted by atomic mass is 10.2. The van der Waals surface area contributed by atoms with Gasteiger partial charge in [0, 0.05) is 44.9 Å². The maximum absolute atomic E-state index is 15.4. The average molecular weight is 732 g/mol. The number of likely N-dealkylation sites (N-methyl/N-ethyl adjacent to an activating group) is 1. The Bertz CT molecular complexity index is 1890. The molecule has 3 aromatic heterocycles. The Kier molecular flexibility index (Phi) is 9.81. The molecule has 1 amide bonds. The predicted molar refractivity (Wildman–Crippen MR) is 187 cm³/mol. The first-order valence-electron chi connectivity index (χ1n) is 17.0. The molecule has 4 aromatic rings. The van der Waals surface area contributed by atoms with Crippen LogP contribution < -0.4 is 14.4 Å². The summed E-state index contributed by atoms with van der Waals surface area (Å²) in [6.07, 6.45) is 5.67. The zero-order valence-corrected chi connectivity index (χ0v) is 30.1. The van der Waals surface area contributed by atoms with Crippen molar-refractivity contribution < 1.29 is 28.1 Å². The smallest absolute Gasteiger partial charge is 0.410 e. The van der Waals surface area contributed by atoms with Crippen molar-refractivity contribution in [3.63, 3.8) is 0 Å². The molecule has 16 heteroatoms. The first kappa shape index (κ1) is 34.7. The van der Waals surface area contributed by atoms with Gasteiger partial charge >= 0.3 is 12.1 Å². The number of anilines is 1. The number of ether oxygens (including phenoxy) is 4. The summed E-state index contributed by atoms with van der Waals surface area (Å²) in [5.74, 6) is -0.107. The highest BCUT2D eigenvalue weighted by atomic mass is 35.5. The van der Waals surface area contributed by atoms with E-state index < -0.39 is 11.4 Å². The van der Waals surface area contributed by atoms with Crippen LogP contribution in [0.2, 0.25) is 10.2 Å². The fourth-order valence-electron chi connectivity index (χ4n) is 6.64. The summed E-state index contributed by atoms with van der Waals surface area (Å²) >= 11 is 13.2. The van der Waals surface area contributed by atoms with Crippen LogP contribution in [0.5, 0.6) is 17.6 Å². The van der Waals surface area contributed by atoms with Crippen LogP contribution >= 0.6 is 23.2 Å². The Morgan fingerprint density at radius 3 is 2.52 bits per heavy atom. The van der Waals surface area contributed by atoms with E-state index in [2.05, 4.69) is 22.0 Å². The number of carbonyl (C=O) groups is 1. The van der Waals surface area contributed by atoms with Crippen molar-refractivity contribution >= 4 is 56.9 Å². The largest absolute Gasteiger partial charge is 0.462 e. The molecule has 268 valence electrons. The van der Waals surface area contributed by atoms with E-state index in [1.807, 2.05) is 25.7 Å². The highest BCUT2D eigenvalue weighted by molar-refractivity contribution is 6.33. The lowest BCUT2D eigenvalue weighted by Crippen LogP contribution is -2.50. The van der Waals surface area contributed by atoms with E-state index in [9.17, 15) is 4.79 Å².